The normalized spacial score (nSPS) is 15.2. The molecule has 0 rings (SSSR count). The Morgan fingerprint density at radius 1 is 0.614 bits per heavy atom. The van der Waals surface area contributed by atoms with Crippen LogP contribution in [0.4, 0.5) is 0 Å². The van der Waals surface area contributed by atoms with Gasteiger partial charge in [-0.3, -0.25) is 9.36 Å². The van der Waals surface area contributed by atoms with Crippen molar-refractivity contribution in [3.05, 3.63) is 36.5 Å². The van der Waals surface area contributed by atoms with E-state index in [9.17, 15) is 24.5 Å². The van der Waals surface area contributed by atoms with E-state index in [0.29, 0.717) is 49.7 Å². The summed E-state index contributed by atoms with van der Waals surface area (Å²) in [4.78, 5) is 25.1. The summed E-state index contributed by atoms with van der Waals surface area (Å²) in [6.07, 6.45) is 37.6. The highest BCUT2D eigenvalue weighted by Crippen LogP contribution is 2.38. The van der Waals surface area contributed by atoms with Crippen molar-refractivity contribution in [2.24, 2.45) is 0 Å². The fourth-order valence-corrected chi connectivity index (χ4v) is 6.86. The minimum absolute atomic E-state index is 0.00397. The molecule has 0 spiro atoms. The summed E-state index contributed by atoms with van der Waals surface area (Å²) in [5.41, 5.74) is 0. The van der Waals surface area contributed by atoms with Crippen molar-refractivity contribution in [1.29, 1.82) is 0 Å². The maximum Gasteiger partial charge on any atom is 0.306 e. The maximum absolute atomic E-state index is 12.7. The number of allylic oxidation sites excluding steroid dienone is 4. The average Bonchev–Trinajstić information content (AvgIpc) is 3.16. The summed E-state index contributed by atoms with van der Waals surface area (Å²) in [6.45, 7) is 5.13. The Bertz CT molecular complexity index is 1050. The van der Waals surface area contributed by atoms with Crippen LogP contribution in [-0.2, 0) is 27.9 Å². The summed E-state index contributed by atoms with van der Waals surface area (Å²) in [6, 6.07) is 0. The van der Waals surface area contributed by atoms with E-state index < -0.39 is 32.1 Å². The third-order valence-electron chi connectivity index (χ3n) is 9.87. The lowest BCUT2D eigenvalue weighted by Gasteiger charge is -2.28. The van der Waals surface area contributed by atoms with Gasteiger partial charge < -0.3 is 38.1 Å². The molecule has 4 atom stereocenters. The molecule has 0 aromatic heterocycles. The predicted molar refractivity (Wildman–Crippen MR) is 234 cm³/mol. The highest BCUT2D eigenvalue weighted by Gasteiger charge is 2.20. The fourth-order valence-electron chi connectivity index (χ4n) is 6.13. The number of aliphatic hydroxyl groups is 2. The van der Waals surface area contributed by atoms with Crippen LogP contribution in [0.1, 0.15) is 181 Å². The lowest BCUT2D eigenvalue weighted by molar-refractivity contribution is -0.870. The van der Waals surface area contributed by atoms with Crippen LogP contribution in [0, 0.1) is 0 Å². The molecule has 0 heterocycles. The minimum atomic E-state index is -4.57. The number of phosphoric acid groups is 1. The van der Waals surface area contributed by atoms with Crippen molar-refractivity contribution in [3.8, 4) is 0 Å². The number of ether oxygens (including phenoxy) is 2. The van der Waals surface area contributed by atoms with Gasteiger partial charge in [-0.2, -0.15) is 0 Å². The van der Waals surface area contributed by atoms with Gasteiger partial charge in [0, 0.05) is 13.0 Å². The van der Waals surface area contributed by atoms with Crippen molar-refractivity contribution in [2.75, 3.05) is 54.1 Å². The average molecular weight is 830 g/mol. The molecule has 0 saturated carbocycles. The van der Waals surface area contributed by atoms with Gasteiger partial charge in [0.1, 0.15) is 19.3 Å². The Morgan fingerprint density at radius 3 is 1.65 bits per heavy atom. The van der Waals surface area contributed by atoms with Crippen LogP contribution in [-0.4, -0.2) is 93.1 Å². The largest absolute Gasteiger partial charge is 0.756 e. The first-order valence-electron chi connectivity index (χ1n) is 22.9. The van der Waals surface area contributed by atoms with Crippen LogP contribution in [0.5, 0.6) is 0 Å². The summed E-state index contributed by atoms with van der Waals surface area (Å²) >= 11 is 0. The molecule has 10 nitrogen and oxygen atoms in total. The molecule has 0 aliphatic carbocycles. The predicted octanol–water partition coefficient (Wildman–Crippen LogP) is 10.7. The maximum atomic E-state index is 12.7. The van der Waals surface area contributed by atoms with E-state index in [-0.39, 0.29) is 26.2 Å². The summed E-state index contributed by atoms with van der Waals surface area (Å²) in [7, 11) is 1.25. The highest BCUT2D eigenvalue weighted by atomic mass is 31.2. The smallest absolute Gasteiger partial charge is 0.306 e. The van der Waals surface area contributed by atoms with E-state index in [4.69, 9.17) is 18.5 Å². The second-order valence-corrected chi connectivity index (χ2v) is 18.1. The summed E-state index contributed by atoms with van der Waals surface area (Å²) < 4.78 is 34.5. The number of hydrogen-bond acceptors (Lipinski definition) is 9. The van der Waals surface area contributed by atoms with Crippen molar-refractivity contribution < 1.29 is 47.5 Å². The van der Waals surface area contributed by atoms with Gasteiger partial charge in [-0.15, -0.1) is 0 Å². The van der Waals surface area contributed by atoms with Gasteiger partial charge in [-0.05, 0) is 51.4 Å². The Labute approximate surface area is 350 Å². The molecule has 336 valence electrons. The molecule has 4 unspecified atom stereocenters. The molecule has 0 aromatic carbocycles. The lowest BCUT2D eigenvalue weighted by Crippen LogP contribution is -2.37. The van der Waals surface area contributed by atoms with Crippen LogP contribution >= 0.6 is 7.82 Å². The number of rotatable bonds is 42. The van der Waals surface area contributed by atoms with Gasteiger partial charge >= 0.3 is 5.97 Å². The molecule has 0 amide bonds. The molecule has 0 saturated heterocycles. The molecule has 0 bridgehead atoms. The molecule has 11 heteroatoms. The number of nitrogens with zero attached hydrogens (tertiary/aromatic N) is 1. The van der Waals surface area contributed by atoms with E-state index >= 15 is 0 Å². The molecule has 0 radical (unpaired) electrons. The van der Waals surface area contributed by atoms with Gasteiger partial charge in [0.25, 0.3) is 7.82 Å². The van der Waals surface area contributed by atoms with Crippen molar-refractivity contribution in [1.82, 2.24) is 0 Å². The van der Waals surface area contributed by atoms with Crippen LogP contribution in [0.2, 0.25) is 0 Å². The van der Waals surface area contributed by atoms with Gasteiger partial charge in [-0.25, -0.2) is 0 Å². The zero-order valence-electron chi connectivity index (χ0n) is 37.3. The first-order chi connectivity index (χ1) is 27.4. The Morgan fingerprint density at radius 2 is 1.09 bits per heavy atom. The number of phosphoric ester groups is 1. The van der Waals surface area contributed by atoms with Crippen LogP contribution < -0.4 is 4.89 Å². The number of carbonyl (C=O) groups is 1. The third kappa shape index (κ3) is 41.2. The van der Waals surface area contributed by atoms with Crippen molar-refractivity contribution in [2.45, 2.75) is 199 Å². The van der Waals surface area contributed by atoms with Gasteiger partial charge in [0.15, 0.2) is 0 Å². The number of hydrogen-bond donors (Lipinski definition) is 2. The van der Waals surface area contributed by atoms with E-state index in [1.54, 1.807) is 0 Å². The van der Waals surface area contributed by atoms with Crippen LogP contribution in [0.3, 0.4) is 0 Å². The monoisotopic (exact) mass is 830 g/mol. The topological polar surface area (TPSA) is 135 Å². The first-order valence-corrected chi connectivity index (χ1v) is 24.3. The van der Waals surface area contributed by atoms with E-state index in [1.807, 2.05) is 51.5 Å². The minimum Gasteiger partial charge on any atom is -0.756 e. The fraction of sp³-hybridized carbons (Fsp3) is 0.848. The number of unbranched alkanes of at least 4 members (excludes halogenated alkanes) is 19. The molecule has 0 aromatic rings. The third-order valence-corrected chi connectivity index (χ3v) is 10.8. The molecule has 0 fully saturated rings. The Kier molecular flexibility index (Phi) is 37.9. The first kappa shape index (κ1) is 55.6. The van der Waals surface area contributed by atoms with Crippen LogP contribution in [0.15, 0.2) is 36.5 Å². The molecule has 0 aliphatic heterocycles. The molecular formula is C46H88NO9P. The number of likely N-dealkylation sites (N-methyl/N-ethyl adjacent to an activating group) is 1. The second kappa shape index (κ2) is 38.8. The summed E-state index contributed by atoms with van der Waals surface area (Å²) in [5, 5.41) is 20.3. The Balaban J connectivity index is 4.40. The van der Waals surface area contributed by atoms with Crippen molar-refractivity contribution >= 4 is 13.8 Å². The number of esters is 1. The van der Waals surface area contributed by atoms with E-state index in [2.05, 4.69) is 19.9 Å². The molecule has 2 N–H and O–H groups in total. The highest BCUT2D eigenvalue weighted by molar-refractivity contribution is 7.45. The molecule has 0 aliphatic rings. The van der Waals surface area contributed by atoms with E-state index in [0.717, 1.165) is 25.7 Å². The van der Waals surface area contributed by atoms with Gasteiger partial charge in [-0.1, -0.05) is 159 Å². The number of carbonyl (C=O) groups excluding carboxylic acids is 1. The van der Waals surface area contributed by atoms with Crippen LogP contribution in [0.25, 0.3) is 0 Å². The van der Waals surface area contributed by atoms with Gasteiger partial charge in [0.2, 0.25) is 0 Å². The quantitative estimate of drug-likeness (QED) is 0.0203. The molecule has 57 heavy (non-hydrogen) atoms. The number of aliphatic hydroxyl groups excluding tert-OH is 2. The summed E-state index contributed by atoms with van der Waals surface area (Å²) in [5.74, 6) is -0.432. The van der Waals surface area contributed by atoms with Gasteiger partial charge in [0.05, 0.1) is 46.6 Å². The SMILES string of the molecule is CCCCC/C=C/CC(O)C(O)C/C=C\C/C=C\CCCC(=O)OC(COCCCCCCCCCCCCCCCCCC)COP(=O)([O-])OCC[N+](C)(C)C. The zero-order chi connectivity index (χ0) is 42.3. The zero-order valence-corrected chi connectivity index (χ0v) is 38.2. The standard InChI is InChI=1S/C46H88NO9P/c1-6-8-10-12-14-15-16-17-18-19-20-21-22-26-30-34-39-53-41-43(42-55-57(51,52)54-40-38-47(3,4)5)56-46(50)37-33-29-25-23-24-28-32-36-45(49)44(48)35-31-27-13-11-9-7-2/h23,25,27-28,31-32,43-45,48-49H,6-22,24,26,29-30,33-42H2,1-5H3/b25-23-,31-27+,32-28-. The number of quaternary nitrogens is 1. The van der Waals surface area contributed by atoms with Crippen molar-refractivity contribution in [3.63, 3.8) is 0 Å². The Hall–Kier alpha value is -1.36. The second-order valence-electron chi connectivity index (χ2n) is 16.7. The van der Waals surface area contributed by atoms with E-state index in [1.165, 1.54) is 103 Å². The molecular weight excluding hydrogens is 741 g/mol. The lowest BCUT2D eigenvalue weighted by atomic mass is 10.0.